The van der Waals surface area contributed by atoms with Crippen molar-refractivity contribution in [3.63, 3.8) is 0 Å². The van der Waals surface area contributed by atoms with Gasteiger partial charge in [0.1, 0.15) is 24.7 Å². The van der Waals surface area contributed by atoms with Crippen molar-refractivity contribution in [2.75, 3.05) is 13.2 Å². The lowest BCUT2D eigenvalue weighted by atomic mass is 10.1. The summed E-state index contributed by atoms with van der Waals surface area (Å²) in [5.41, 5.74) is 2.04. The standard InChI is InChI=1S/C17H16O4/c1-2-17(19)21-12-11-20-16-9-5-14(6-10-16)13-3-7-15(18)8-4-13/h2-10,18H,1,11-12H2. The van der Waals surface area contributed by atoms with E-state index in [0.717, 1.165) is 17.2 Å². The summed E-state index contributed by atoms with van der Waals surface area (Å²) in [5, 5.41) is 9.26. The second-order valence-electron chi connectivity index (χ2n) is 4.29. The Balaban J connectivity index is 1.88. The van der Waals surface area contributed by atoms with Gasteiger partial charge in [0, 0.05) is 6.08 Å². The predicted molar refractivity (Wildman–Crippen MR) is 80.2 cm³/mol. The van der Waals surface area contributed by atoms with Crippen LogP contribution in [-0.2, 0) is 9.53 Å². The predicted octanol–water partition coefficient (Wildman–Crippen LogP) is 3.17. The molecule has 0 bridgehead atoms. The van der Waals surface area contributed by atoms with Gasteiger partial charge < -0.3 is 14.6 Å². The molecule has 0 amide bonds. The fourth-order valence-electron chi connectivity index (χ4n) is 1.76. The van der Waals surface area contributed by atoms with E-state index in [2.05, 4.69) is 6.58 Å². The van der Waals surface area contributed by atoms with Crippen LogP contribution >= 0.6 is 0 Å². The highest BCUT2D eigenvalue weighted by molar-refractivity contribution is 5.81. The third-order valence-electron chi connectivity index (χ3n) is 2.82. The molecular weight excluding hydrogens is 268 g/mol. The molecule has 0 fully saturated rings. The summed E-state index contributed by atoms with van der Waals surface area (Å²) in [6.07, 6.45) is 1.12. The lowest BCUT2D eigenvalue weighted by Gasteiger charge is -2.07. The molecule has 1 N–H and O–H groups in total. The monoisotopic (exact) mass is 284 g/mol. The van der Waals surface area contributed by atoms with Gasteiger partial charge in [0.05, 0.1) is 0 Å². The Kier molecular flexibility index (Phi) is 4.99. The molecule has 0 atom stereocenters. The highest BCUT2D eigenvalue weighted by Gasteiger charge is 2.00. The van der Waals surface area contributed by atoms with E-state index in [4.69, 9.17) is 9.47 Å². The average molecular weight is 284 g/mol. The van der Waals surface area contributed by atoms with Crippen LogP contribution < -0.4 is 4.74 Å². The normalized spacial score (nSPS) is 9.90. The van der Waals surface area contributed by atoms with Gasteiger partial charge >= 0.3 is 5.97 Å². The molecule has 0 heterocycles. The van der Waals surface area contributed by atoms with Gasteiger partial charge in [-0.2, -0.15) is 0 Å². The smallest absolute Gasteiger partial charge is 0.330 e. The molecule has 4 nitrogen and oxygen atoms in total. The lowest BCUT2D eigenvalue weighted by Crippen LogP contribution is -2.10. The van der Waals surface area contributed by atoms with Crippen molar-refractivity contribution in [3.05, 3.63) is 61.2 Å². The molecule has 0 unspecified atom stereocenters. The quantitative estimate of drug-likeness (QED) is 0.503. The molecule has 0 aliphatic heterocycles. The SMILES string of the molecule is C=CC(=O)OCCOc1ccc(-c2ccc(O)cc2)cc1. The Morgan fingerprint density at radius 2 is 1.57 bits per heavy atom. The first kappa shape index (κ1) is 14.7. The average Bonchev–Trinajstić information content (AvgIpc) is 2.52. The van der Waals surface area contributed by atoms with Gasteiger partial charge in [-0.15, -0.1) is 0 Å². The van der Waals surface area contributed by atoms with E-state index in [-0.39, 0.29) is 19.0 Å². The van der Waals surface area contributed by atoms with E-state index in [1.165, 1.54) is 0 Å². The summed E-state index contributed by atoms with van der Waals surface area (Å²) in [6.45, 7) is 3.79. The van der Waals surface area contributed by atoms with Gasteiger partial charge in [-0.25, -0.2) is 4.79 Å². The second kappa shape index (κ2) is 7.14. The zero-order valence-electron chi connectivity index (χ0n) is 11.5. The molecule has 0 radical (unpaired) electrons. The van der Waals surface area contributed by atoms with Gasteiger partial charge in [-0.05, 0) is 35.4 Å². The van der Waals surface area contributed by atoms with E-state index in [1.54, 1.807) is 12.1 Å². The van der Waals surface area contributed by atoms with Crippen LogP contribution in [0, 0.1) is 0 Å². The van der Waals surface area contributed by atoms with Crippen molar-refractivity contribution < 1.29 is 19.4 Å². The Bertz CT molecular complexity index is 600. The van der Waals surface area contributed by atoms with E-state index in [9.17, 15) is 9.90 Å². The molecule has 0 saturated heterocycles. The first-order valence-corrected chi connectivity index (χ1v) is 6.50. The molecular formula is C17H16O4. The Morgan fingerprint density at radius 1 is 1.00 bits per heavy atom. The van der Waals surface area contributed by atoms with Crippen LogP contribution in [0.15, 0.2) is 61.2 Å². The summed E-state index contributed by atoms with van der Waals surface area (Å²) >= 11 is 0. The number of carbonyl (C=O) groups is 1. The number of hydrogen-bond acceptors (Lipinski definition) is 4. The molecule has 4 heteroatoms. The molecule has 0 saturated carbocycles. The van der Waals surface area contributed by atoms with Crippen molar-refractivity contribution in [2.45, 2.75) is 0 Å². The zero-order valence-corrected chi connectivity index (χ0v) is 11.5. The lowest BCUT2D eigenvalue weighted by molar-refractivity contribution is -0.138. The fourth-order valence-corrected chi connectivity index (χ4v) is 1.76. The number of rotatable bonds is 6. The number of aromatic hydroxyl groups is 1. The largest absolute Gasteiger partial charge is 0.508 e. The maximum absolute atomic E-state index is 10.8. The molecule has 2 aromatic carbocycles. The van der Waals surface area contributed by atoms with Crippen LogP contribution in [0.4, 0.5) is 0 Å². The maximum atomic E-state index is 10.8. The number of benzene rings is 2. The van der Waals surface area contributed by atoms with Gasteiger partial charge in [-0.3, -0.25) is 0 Å². The van der Waals surface area contributed by atoms with E-state index >= 15 is 0 Å². The first-order chi connectivity index (χ1) is 10.2. The number of esters is 1. The van der Waals surface area contributed by atoms with Crippen molar-refractivity contribution in [3.8, 4) is 22.6 Å². The van der Waals surface area contributed by atoms with Gasteiger partial charge in [0.2, 0.25) is 0 Å². The molecule has 0 aliphatic rings. The number of ether oxygens (including phenoxy) is 2. The zero-order chi connectivity index (χ0) is 15.1. The minimum absolute atomic E-state index is 0.185. The van der Waals surface area contributed by atoms with E-state index < -0.39 is 5.97 Å². The maximum Gasteiger partial charge on any atom is 0.330 e. The van der Waals surface area contributed by atoms with Gasteiger partial charge in [-0.1, -0.05) is 30.8 Å². The molecule has 0 aromatic heterocycles. The summed E-state index contributed by atoms with van der Waals surface area (Å²) < 4.78 is 10.3. The van der Waals surface area contributed by atoms with Crippen molar-refractivity contribution in [1.29, 1.82) is 0 Å². The second-order valence-corrected chi connectivity index (χ2v) is 4.29. The van der Waals surface area contributed by atoms with E-state index in [1.807, 2.05) is 36.4 Å². The van der Waals surface area contributed by atoms with Gasteiger partial charge in [0.15, 0.2) is 0 Å². The van der Waals surface area contributed by atoms with Crippen molar-refractivity contribution in [2.24, 2.45) is 0 Å². The number of hydrogen-bond donors (Lipinski definition) is 1. The van der Waals surface area contributed by atoms with Crippen LogP contribution in [0.3, 0.4) is 0 Å². The number of phenols is 1. The highest BCUT2D eigenvalue weighted by atomic mass is 16.6. The van der Waals surface area contributed by atoms with Crippen molar-refractivity contribution in [1.82, 2.24) is 0 Å². The number of phenolic OH excluding ortho intramolecular Hbond substituents is 1. The van der Waals surface area contributed by atoms with Gasteiger partial charge in [0.25, 0.3) is 0 Å². The Hall–Kier alpha value is -2.75. The molecule has 2 rings (SSSR count). The minimum atomic E-state index is -0.457. The third-order valence-corrected chi connectivity index (χ3v) is 2.82. The van der Waals surface area contributed by atoms with Crippen LogP contribution in [0.5, 0.6) is 11.5 Å². The van der Waals surface area contributed by atoms with Crippen LogP contribution in [0.2, 0.25) is 0 Å². The Morgan fingerprint density at radius 3 is 2.14 bits per heavy atom. The molecule has 0 aliphatic carbocycles. The molecule has 0 spiro atoms. The van der Waals surface area contributed by atoms with E-state index in [0.29, 0.717) is 5.75 Å². The summed E-state index contributed by atoms with van der Waals surface area (Å²) in [7, 11) is 0. The third kappa shape index (κ3) is 4.38. The highest BCUT2D eigenvalue weighted by Crippen LogP contribution is 2.24. The fraction of sp³-hybridized carbons (Fsp3) is 0.118. The van der Waals surface area contributed by atoms with Crippen LogP contribution in [0.1, 0.15) is 0 Å². The Labute approximate surface area is 123 Å². The summed E-state index contributed by atoms with van der Waals surface area (Å²) in [4.78, 5) is 10.8. The molecule has 108 valence electrons. The molecule has 2 aromatic rings. The van der Waals surface area contributed by atoms with Crippen LogP contribution in [0.25, 0.3) is 11.1 Å². The first-order valence-electron chi connectivity index (χ1n) is 6.50. The van der Waals surface area contributed by atoms with Crippen LogP contribution in [-0.4, -0.2) is 24.3 Å². The van der Waals surface area contributed by atoms with Crippen molar-refractivity contribution >= 4 is 5.97 Å². The topological polar surface area (TPSA) is 55.8 Å². The summed E-state index contributed by atoms with van der Waals surface area (Å²) in [6, 6.07) is 14.5. The minimum Gasteiger partial charge on any atom is -0.508 e. The number of carbonyl (C=O) groups excluding carboxylic acids is 1. The molecule has 21 heavy (non-hydrogen) atoms. The summed E-state index contributed by atoms with van der Waals surface area (Å²) in [5.74, 6) is 0.487.